The van der Waals surface area contributed by atoms with E-state index < -0.39 is 11.7 Å². The number of aryl methyl sites for hydroxylation is 1. The Morgan fingerprint density at radius 2 is 1.97 bits per heavy atom. The summed E-state index contributed by atoms with van der Waals surface area (Å²) in [5.74, 6) is -0.454. The van der Waals surface area contributed by atoms with Gasteiger partial charge in [-0.25, -0.2) is 9.67 Å². The number of hydrogen-bond donors (Lipinski definition) is 0. The van der Waals surface area contributed by atoms with Gasteiger partial charge < -0.3 is 9.64 Å². The van der Waals surface area contributed by atoms with Gasteiger partial charge in [0.2, 0.25) is 5.91 Å². The van der Waals surface area contributed by atoms with Gasteiger partial charge in [-0.15, -0.1) is 5.10 Å². The fourth-order valence-electron chi connectivity index (χ4n) is 3.06. The number of nitrogens with zero attached hydrogens (tertiary/aromatic N) is 7. The van der Waals surface area contributed by atoms with Crippen LogP contribution in [0.5, 0.6) is 5.75 Å². The van der Waals surface area contributed by atoms with Crippen molar-refractivity contribution >= 4 is 16.9 Å². The summed E-state index contributed by atoms with van der Waals surface area (Å²) in [6.07, 6.45) is -4.67. The monoisotopic (exact) mass is 461 g/mol. The van der Waals surface area contributed by atoms with E-state index in [-0.39, 0.29) is 53.8 Å². The van der Waals surface area contributed by atoms with Crippen LogP contribution in [0, 0.1) is 11.3 Å². The molecule has 2 heterocycles. The fourth-order valence-corrected chi connectivity index (χ4v) is 3.06. The number of carbonyl (C=O) groups is 1. The molecule has 0 aliphatic carbocycles. The maximum absolute atomic E-state index is 13.8. The molecule has 0 unspecified atom stereocenters. The van der Waals surface area contributed by atoms with Crippen molar-refractivity contribution in [2.45, 2.75) is 6.18 Å². The predicted octanol–water partition coefficient (Wildman–Crippen LogP) is 2.32. The van der Waals surface area contributed by atoms with E-state index in [9.17, 15) is 23.2 Å². The van der Waals surface area contributed by atoms with Gasteiger partial charge in [0.05, 0.1) is 23.3 Å². The van der Waals surface area contributed by atoms with Gasteiger partial charge in [-0.2, -0.15) is 18.4 Å². The number of carbonyl (C=O) groups excluding carboxylic acids is 1. The second-order valence-corrected chi connectivity index (χ2v) is 7.63. The van der Waals surface area contributed by atoms with Gasteiger partial charge in [0, 0.05) is 33.3 Å². The number of ether oxygens (including phenoxy) is 1. The van der Waals surface area contributed by atoms with Crippen LogP contribution >= 0.6 is 0 Å². The lowest BCUT2D eigenvalue weighted by Gasteiger charge is -2.20. The van der Waals surface area contributed by atoms with Crippen molar-refractivity contribution in [1.82, 2.24) is 29.8 Å². The molecular weight excluding hydrogens is 439 g/mol. The van der Waals surface area contributed by atoms with E-state index >= 15 is 0 Å². The Bertz CT molecular complexity index is 1220. The van der Waals surface area contributed by atoms with E-state index in [1.54, 1.807) is 33.1 Å². The number of pyridine rings is 1. The normalized spacial score (nSPS) is 11.6. The molecule has 0 fully saturated rings. The number of amides is 1. The number of halogens is 3. The average molecular weight is 461 g/mol. The maximum Gasteiger partial charge on any atom is 0.419 e. The first-order chi connectivity index (χ1) is 15.5. The highest BCUT2D eigenvalue weighted by atomic mass is 19.4. The van der Waals surface area contributed by atoms with E-state index in [4.69, 9.17) is 4.74 Å². The van der Waals surface area contributed by atoms with Gasteiger partial charge >= 0.3 is 6.18 Å². The Morgan fingerprint density at radius 3 is 2.61 bits per heavy atom. The molecule has 0 saturated carbocycles. The van der Waals surface area contributed by atoms with Crippen molar-refractivity contribution in [3.05, 3.63) is 35.5 Å². The van der Waals surface area contributed by atoms with Gasteiger partial charge in [0.15, 0.2) is 5.69 Å². The van der Waals surface area contributed by atoms with Gasteiger partial charge in [0.1, 0.15) is 23.9 Å². The summed E-state index contributed by atoms with van der Waals surface area (Å²) in [6.45, 7) is 0.346. The second-order valence-electron chi connectivity index (χ2n) is 7.63. The molecule has 3 rings (SSSR count). The van der Waals surface area contributed by atoms with Gasteiger partial charge in [-0.3, -0.25) is 9.69 Å². The van der Waals surface area contributed by atoms with E-state index in [1.165, 1.54) is 27.8 Å². The van der Waals surface area contributed by atoms with Crippen LogP contribution < -0.4 is 4.74 Å². The number of fused-ring (bicyclic) bond motifs is 1. The summed E-state index contributed by atoms with van der Waals surface area (Å²) in [4.78, 5) is 19.0. The molecule has 0 bridgehead atoms. The van der Waals surface area contributed by atoms with Crippen LogP contribution in [0.1, 0.15) is 11.3 Å². The Morgan fingerprint density at radius 1 is 1.24 bits per heavy atom. The molecule has 1 amide bonds. The molecule has 0 atom stereocenters. The summed E-state index contributed by atoms with van der Waals surface area (Å²) in [7, 11) is 6.55. The van der Waals surface area contributed by atoms with Crippen LogP contribution in [-0.4, -0.2) is 76.5 Å². The van der Waals surface area contributed by atoms with Crippen molar-refractivity contribution in [3.63, 3.8) is 0 Å². The van der Waals surface area contributed by atoms with E-state index in [0.717, 1.165) is 6.07 Å². The van der Waals surface area contributed by atoms with Crippen molar-refractivity contribution < 1.29 is 22.7 Å². The molecule has 174 valence electrons. The minimum absolute atomic E-state index is 0.0280. The third kappa shape index (κ3) is 5.38. The molecule has 0 spiro atoms. The van der Waals surface area contributed by atoms with Crippen LogP contribution in [-0.2, 0) is 18.0 Å². The van der Waals surface area contributed by atoms with Gasteiger partial charge in [-0.05, 0) is 31.3 Å². The third-order valence-electron chi connectivity index (χ3n) is 4.92. The zero-order chi connectivity index (χ0) is 24.3. The Kier molecular flexibility index (Phi) is 6.83. The second kappa shape index (κ2) is 9.41. The number of hydrogen-bond acceptors (Lipinski definition) is 7. The first kappa shape index (κ1) is 23.9. The lowest BCUT2D eigenvalue weighted by Crippen LogP contribution is -2.36. The Hall–Kier alpha value is -3.72. The summed E-state index contributed by atoms with van der Waals surface area (Å²) < 4.78 is 48.1. The van der Waals surface area contributed by atoms with E-state index in [2.05, 4.69) is 15.3 Å². The van der Waals surface area contributed by atoms with Crippen molar-refractivity contribution in [3.8, 4) is 23.1 Å². The largest absolute Gasteiger partial charge is 0.492 e. The lowest BCUT2D eigenvalue weighted by atomic mass is 10.1. The minimum atomic E-state index is -4.67. The molecule has 0 radical (unpaired) electrons. The highest BCUT2D eigenvalue weighted by Crippen LogP contribution is 2.39. The standard InChI is InChI=1S/C21H22F3N7O2/c1-29(2)19(32)12-30(3)7-8-33-18-6-5-13(9-14(18)21(22,23)24)15-10-17-20(16(11-25)26-15)27-28-31(17)4/h5-6,9-10H,7-8,12H2,1-4H3. The number of alkyl halides is 3. The Balaban J connectivity index is 1.86. The molecule has 0 N–H and O–H groups in total. The van der Waals surface area contributed by atoms with E-state index in [0.29, 0.717) is 5.52 Å². The van der Waals surface area contributed by atoms with Crippen molar-refractivity contribution in [2.75, 3.05) is 40.8 Å². The average Bonchev–Trinajstić information content (AvgIpc) is 3.13. The van der Waals surface area contributed by atoms with Gasteiger partial charge in [0.25, 0.3) is 0 Å². The highest BCUT2D eigenvalue weighted by Gasteiger charge is 2.35. The molecule has 0 saturated heterocycles. The number of rotatable bonds is 7. The topological polar surface area (TPSA) is 100 Å². The highest BCUT2D eigenvalue weighted by molar-refractivity contribution is 5.83. The number of benzene rings is 1. The molecule has 33 heavy (non-hydrogen) atoms. The van der Waals surface area contributed by atoms with Crippen molar-refractivity contribution in [2.24, 2.45) is 7.05 Å². The van der Waals surface area contributed by atoms with Crippen LogP contribution in [0.15, 0.2) is 24.3 Å². The summed E-state index contributed by atoms with van der Waals surface area (Å²) in [6, 6.07) is 7.04. The molecule has 12 heteroatoms. The smallest absolute Gasteiger partial charge is 0.419 e. The molecule has 2 aromatic heterocycles. The quantitative estimate of drug-likeness (QED) is 0.532. The molecular formula is C21H22F3N7O2. The molecule has 3 aromatic rings. The van der Waals surface area contributed by atoms with Crippen LogP contribution in [0.25, 0.3) is 22.3 Å². The third-order valence-corrected chi connectivity index (χ3v) is 4.92. The minimum Gasteiger partial charge on any atom is -0.492 e. The molecule has 0 aliphatic heterocycles. The SMILES string of the molecule is CN(CCOc1ccc(-c2cc3c(nnn3C)c(C#N)n2)cc1C(F)(F)F)CC(=O)N(C)C. The van der Waals surface area contributed by atoms with Gasteiger partial charge in [-0.1, -0.05) is 5.21 Å². The predicted molar refractivity (Wildman–Crippen MR) is 113 cm³/mol. The van der Waals surface area contributed by atoms with E-state index in [1.807, 2.05) is 6.07 Å². The molecule has 0 aliphatic rings. The first-order valence-electron chi connectivity index (χ1n) is 9.85. The Labute approximate surface area is 188 Å². The molecule has 9 nitrogen and oxygen atoms in total. The lowest BCUT2D eigenvalue weighted by molar-refractivity contribution is -0.138. The van der Waals surface area contributed by atoms with Crippen LogP contribution in [0.4, 0.5) is 13.2 Å². The maximum atomic E-state index is 13.8. The summed E-state index contributed by atoms with van der Waals surface area (Å²) in [5.41, 5.74) is 0.110. The van der Waals surface area contributed by atoms with Crippen molar-refractivity contribution in [1.29, 1.82) is 5.26 Å². The zero-order valence-corrected chi connectivity index (χ0v) is 18.5. The summed E-state index contributed by atoms with van der Waals surface area (Å²) in [5, 5.41) is 17.1. The number of likely N-dealkylation sites (N-methyl/N-ethyl adjacent to an activating group) is 2. The number of nitriles is 1. The fraction of sp³-hybridized carbons (Fsp3) is 0.381. The molecule has 1 aromatic carbocycles. The van der Waals surface area contributed by atoms with Crippen LogP contribution in [0.3, 0.4) is 0 Å². The zero-order valence-electron chi connectivity index (χ0n) is 18.5. The van der Waals surface area contributed by atoms with Crippen LogP contribution in [0.2, 0.25) is 0 Å². The first-order valence-corrected chi connectivity index (χ1v) is 9.85. The number of aromatic nitrogens is 4. The summed E-state index contributed by atoms with van der Waals surface area (Å²) >= 11 is 0.